The second-order valence-electron chi connectivity index (χ2n) is 24.3. The summed E-state index contributed by atoms with van der Waals surface area (Å²) in [6.07, 6.45) is -24.6. The highest BCUT2D eigenvalue weighted by Gasteiger charge is 2.59. The third kappa shape index (κ3) is 19.8. The Morgan fingerprint density at radius 3 is 1.72 bits per heavy atom. The Labute approximate surface area is 500 Å². The number of rotatable bonds is 22. The van der Waals surface area contributed by atoms with Crippen molar-refractivity contribution >= 4 is 17.9 Å². The van der Waals surface area contributed by atoms with E-state index in [1.165, 1.54) is 20.8 Å². The van der Waals surface area contributed by atoms with E-state index in [0.29, 0.717) is 38.5 Å². The Balaban J connectivity index is 1.35. The highest BCUT2D eigenvalue weighted by atomic mass is 16.8. The lowest BCUT2D eigenvalue weighted by atomic mass is 9.95. The van der Waals surface area contributed by atoms with E-state index in [2.05, 4.69) is 13.8 Å². The van der Waals surface area contributed by atoms with Crippen LogP contribution < -0.4 is 0 Å². The zero-order chi connectivity index (χ0) is 62.1. The molecule has 6 aliphatic heterocycles. The minimum atomic E-state index is -2.05. The van der Waals surface area contributed by atoms with E-state index in [4.69, 9.17) is 61.6 Å². The van der Waals surface area contributed by atoms with Crippen molar-refractivity contribution in [2.24, 2.45) is 5.92 Å². The molecular weight excluding hydrogens is 1120 g/mol. The fourth-order valence-corrected chi connectivity index (χ4v) is 11.7. The van der Waals surface area contributed by atoms with Gasteiger partial charge in [0.1, 0.15) is 73.2 Å². The van der Waals surface area contributed by atoms with Crippen LogP contribution in [0, 0.1) is 5.92 Å². The maximum atomic E-state index is 14.2. The minimum Gasteiger partial charge on any atom is -0.454 e. The van der Waals surface area contributed by atoms with Gasteiger partial charge < -0.3 is 108 Å². The third-order valence-corrected chi connectivity index (χ3v) is 17.4. The van der Waals surface area contributed by atoms with Gasteiger partial charge in [-0.2, -0.15) is 0 Å². The largest absolute Gasteiger partial charge is 0.454 e. The number of fused-ring (bicyclic) bond motifs is 2. The van der Waals surface area contributed by atoms with Gasteiger partial charge in [0, 0.05) is 12.8 Å². The van der Waals surface area contributed by atoms with E-state index in [9.17, 15) is 60.3 Å². The van der Waals surface area contributed by atoms with Crippen molar-refractivity contribution in [3.8, 4) is 0 Å². The van der Waals surface area contributed by atoms with Gasteiger partial charge in [-0.15, -0.1) is 0 Å². The number of esters is 3. The molecule has 27 atom stereocenters. The van der Waals surface area contributed by atoms with Crippen molar-refractivity contribution in [3.05, 3.63) is 0 Å². The third-order valence-electron chi connectivity index (χ3n) is 17.4. The zero-order valence-electron chi connectivity index (χ0n) is 51.2. The van der Waals surface area contributed by atoms with Crippen molar-refractivity contribution < 1.29 is 122 Å². The van der Waals surface area contributed by atoms with Crippen LogP contribution in [0.1, 0.15) is 197 Å². The lowest BCUT2D eigenvalue weighted by molar-refractivity contribution is -0.405. The highest BCUT2D eigenvalue weighted by Crippen LogP contribution is 2.39. The molecule has 494 valence electrons. The fraction of sp³-hybridized carbons (Fsp3) is 0.950. The first-order valence-corrected chi connectivity index (χ1v) is 31.9. The summed E-state index contributed by atoms with van der Waals surface area (Å²) in [6.45, 7) is 13.5. The molecule has 0 amide bonds. The normalized spacial score (nSPS) is 42.3. The number of carbonyl (C=O) groups is 3. The number of aliphatic hydroxyl groups is 9. The van der Waals surface area contributed by atoms with Gasteiger partial charge in [0.05, 0.1) is 36.4 Å². The van der Waals surface area contributed by atoms with Crippen LogP contribution in [0.4, 0.5) is 0 Å². The van der Waals surface area contributed by atoms with Gasteiger partial charge in [0.15, 0.2) is 56.1 Å². The molecule has 6 rings (SSSR count). The van der Waals surface area contributed by atoms with E-state index in [1.807, 2.05) is 0 Å². The molecule has 0 radical (unpaired) electrons. The Kier molecular flexibility index (Phi) is 29.8. The second-order valence-corrected chi connectivity index (χ2v) is 24.3. The SMILES string of the molecule is CCCCCCCCCC(=O)O[C@H]1[C@H](O[C@@H]2[C@@H](O)[C@H]3OC(=O)CCCCCCCCC[C@H](CCCCC)O[C@@H]4O[C@H](C)[C@H](O)[C@H](O)[C@H]4O[C@@H]3O[C@H]2C)O[C@@H](C)[C@H](O[C@@H]2O[C@@H](O)[C@H](OC(=O)[C@@H](C)CC)[C@@H](O)[C@H]2O)[C@H]1O[C@@H]1O[C@@H](C)[C@H](O)[C@@H](O)[C@H]1O. The summed E-state index contributed by atoms with van der Waals surface area (Å²) >= 11 is 0. The minimum absolute atomic E-state index is 0.0369. The number of carbonyl (C=O) groups excluding carboxylic acids is 3. The fourth-order valence-electron chi connectivity index (χ4n) is 11.7. The lowest BCUT2D eigenvalue weighted by Crippen LogP contribution is -2.68. The van der Waals surface area contributed by atoms with Crippen LogP contribution in [0.3, 0.4) is 0 Å². The molecule has 0 aromatic rings. The molecule has 0 aromatic carbocycles. The zero-order valence-corrected chi connectivity index (χ0v) is 51.2. The van der Waals surface area contributed by atoms with Crippen molar-refractivity contribution in [2.45, 2.75) is 356 Å². The van der Waals surface area contributed by atoms with E-state index in [0.717, 1.165) is 89.9 Å². The molecule has 85 heavy (non-hydrogen) atoms. The van der Waals surface area contributed by atoms with Crippen LogP contribution in [0.2, 0.25) is 0 Å². The van der Waals surface area contributed by atoms with E-state index in [1.54, 1.807) is 20.8 Å². The van der Waals surface area contributed by atoms with E-state index < -0.39 is 178 Å². The average Bonchev–Trinajstić information content (AvgIpc) is 2.37. The summed E-state index contributed by atoms with van der Waals surface area (Å²) in [5.74, 6) is -2.91. The predicted octanol–water partition coefficient (Wildman–Crippen LogP) is 3.48. The van der Waals surface area contributed by atoms with Crippen LogP contribution in [0.15, 0.2) is 0 Å². The van der Waals surface area contributed by atoms with Gasteiger partial charge in [-0.05, 0) is 59.8 Å². The van der Waals surface area contributed by atoms with Gasteiger partial charge in [-0.25, -0.2) is 0 Å². The Morgan fingerprint density at radius 1 is 0.482 bits per heavy atom. The summed E-state index contributed by atoms with van der Waals surface area (Å²) in [5.41, 5.74) is 0. The van der Waals surface area contributed by atoms with Crippen LogP contribution in [-0.4, -0.2) is 224 Å². The monoisotopic (exact) mass is 1220 g/mol. The summed E-state index contributed by atoms with van der Waals surface area (Å²) in [5, 5.41) is 103. The summed E-state index contributed by atoms with van der Waals surface area (Å²) in [4.78, 5) is 40.9. The molecule has 9 N–H and O–H groups in total. The maximum absolute atomic E-state index is 14.2. The van der Waals surface area contributed by atoms with Crippen molar-refractivity contribution in [2.75, 3.05) is 0 Å². The topological polar surface area (TPSA) is 353 Å². The van der Waals surface area contributed by atoms with Gasteiger partial charge in [0.2, 0.25) is 0 Å². The molecule has 0 saturated carbocycles. The molecule has 6 aliphatic rings. The molecule has 25 heteroatoms. The standard InChI is InChI=1S/C60H104O25/c1-9-12-14-15-17-21-26-30-38(62)79-53-52(84-56-44(68)41(65)39(63)32(5)73-56)48(82-57-45(69)43(67)49(55(72)85-57)80-54(71)31(4)11-3)35(8)76-60(53)81-47-34(7)75-59-51(46(47)70)78-37(61)29-25-22-19-16-18-20-24-28-36(27-23-13-10-2)77-58-50(83-59)42(66)40(64)33(6)74-58/h31-36,39-53,55-60,63-70,72H,9-30H2,1-8H3/t31-,32-,33+,34-,35-,36-,39-,40-,41+,42-,43-,44+,45+,46+,47-,48-,49+,50+,51+,52+,53+,55+,56-,57+,58-,59-,60-/m0/s1. The lowest BCUT2D eigenvalue weighted by Gasteiger charge is -2.51. The van der Waals surface area contributed by atoms with Gasteiger partial charge in [-0.1, -0.05) is 124 Å². The summed E-state index contributed by atoms with van der Waals surface area (Å²) in [7, 11) is 0. The first kappa shape index (κ1) is 71.7. The number of aliphatic hydroxyl groups excluding tert-OH is 9. The number of hydrogen-bond donors (Lipinski definition) is 9. The molecule has 6 heterocycles. The molecule has 0 aliphatic carbocycles. The molecule has 0 spiro atoms. The highest BCUT2D eigenvalue weighted by molar-refractivity contribution is 5.72. The Morgan fingerprint density at radius 2 is 1.02 bits per heavy atom. The van der Waals surface area contributed by atoms with Gasteiger partial charge >= 0.3 is 17.9 Å². The predicted molar refractivity (Wildman–Crippen MR) is 298 cm³/mol. The molecule has 6 saturated heterocycles. The summed E-state index contributed by atoms with van der Waals surface area (Å²) in [6, 6.07) is 0. The number of hydrogen-bond acceptors (Lipinski definition) is 25. The summed E-state index contributed by atoms with van der Waals surface area (Å²) < 4.78 is 81.0. The van der Waals surface area contributed by atoms with Crippen LogP contribution in [0.25, 0.3) is 0 Å². The van der Waals surface area contributed by atoms with Crippen LogP contribution in [-0.2, 0) is 76.0 Å². The molecular formula is C60H104O25. The first-order valence-electron chi connectivity index (χ1n) is 31.9. The Bertz CT molecular complexity index is 1960. The first-order chi connectivity index (χ1) is 40.6. The molecule has 0 bridgehead atoms. The average molecular weight is 1230 g/mol. The van der Waals surface area contributed by atoms with Crippen molar-refractivity contribution in [3.63, 3.8) is 0 Å². The van der Waals surface area contributed by atoms with Crippen molar-refractivity contribution in [1.29, 1.82) is 0 Å². The smallest absolute Gasteiger partial charge is 0.309 e. The number of ether oxygens (including phenoxy) is 13. The van der Waals surface area contributed by atoms with E-state index >= 15 is 0 Å². The van der Waals surface area contributed by atoms with Gasteiger partial charge in [-0.3, -0.25) is 14.4 Å². The quantitative estimate of drug-likeness (QED) is 0.0425. The van der Waals surface area contributed by atoms with Gasteiger partial charge in [0.25, 0.3) is 0 Å². The molecule has 25 nitrogen and oxygen atoms in total. The maximum Gasteiger partial charge on any atom is 0.309 e. The van der Waals surface area contributed by atoms with Crippen molar-refractivity contribution in [1.82, 2.24) is 0 Å². The molecule has 0 aromatic heterocycles. The molecule has 6 fully saturated rings. The molecule has 0 unspecified atom stereocenters. The number of unbranched alkanes of at least 4 members (excludes halogenated alkanes) is 8. The Hall–Kier alpha value is -2.35. The van der Waals surface area contributed by atoms with Crippen LogP contribution in [0.5, 0.6) is 0 Å². The van der Waals surface area contributed by atoms with Crippen LogP contribution >= 0.6 is 0 Å². The second kappa shape index (κ2) is 35.3. The van der Waals surface area contributed by atoms with E-state index in [-0.39, 0.29) is 18.9 Å².